The topological polar surface area (TPSA) is 43.4 Å². The van der Waals surface area contributed by atoms with Crippen molar-refractivity contribution in [1.29, 1.82) is 0 Å². The van der Waals surface area contributed by atoms with Gasteiger partial charge in [-0.25, -0.2) is 4.98 Å². The molecule has 5 heteroatoms. The van der Waals surface area contributed by atoms with E-state index in [0.717, 1.165) is 21.8 Å². The van der Waals surface area contributed by atoms with Gasteiger partial charge in [-0.05, 0) is 59.3 Å². The van der Waals surface area contributed by atoms with Crippen LogP contribution in [0, 0.1) is 0 Å². The molecule has 0 spiro atoms. The molecule has 1 N–H and O–H groups in total. The molecule has 0 amide bonds. The molecule has 0 aliphatic rings. The molecule has 2 rings (SSSR count). The SMILES string of the molecule is COc1ccc(OC(C)CNc2ccc(Br)cn2)cc1. The van der Waals surface area contributed by atoms with Gasteiger partial charge in [0.05, 0.1) is 13.7 Å². The lowest BCUT2D eigenvalue weighted by Crippen LogP contribution is -2.23. The number of rotatable bonds is 6. The van der Waals surface area contributed by atoms with Crippen molar-refractivity contribution < 1.29 is 9.47 Å². The minimum atomic E-state index is 0.0360. The number of aromatic nitrogens is 1. The van der Waals surface area contributed by atoms with Crippen LogP contribution in [0.4, 0.5) is 5.82 Å². The molecule has 0 fully saturated rings. The van der Waals surface area contributed by atoms with E-state index >= 15 is 0 Å². The van der Waals surface area contributed by atoms with E-state index in [1.807, 2.05) is 43.3 Å². The van der Waals surface area contributed by atoms with Crippen molar-refractivity contribution in [2.24, 2.45) is 0 Å². The molecule has 0 radical (unpaired) electrons. The molecule has 1 aromatic heterocycles. The average molecular weight is 337 g/mol. The van der Waals surface area contributed by atoms with E-state index in [-0.39, 0.29) is 6.10 Å². The summed E-state index contributed by atoms with van der Waals surface area (Å²) in [5.41, 5.74) is 0. The third-order valence-electron chi connectivity index (χ3n) is 2.69. The summed E-state index contributed by atoms with van der Waals surface area (Å²) in [7, 11) is 1.65. The van der Waals surface area contributed by atoms with Gasteiger partial charge in [-0.1, -0.05) is 0 Å². The zero-order valence-corrected chi connectivity index (χ0v) is 13.1. The molecule has 0 saturated heterocycles. The zero-order chi connectivity index (χ0) is 14.4. The van der Waals surface area contributed by atoms with Crippen LogP contribution in [-0.4, -0.2) is 24.7 Å². The normalized spacial score (nSPS) is 11.8. The number of anilines is 1. The minimum absolute atomic E-state index is 0.0360. The summed E-state index contributed by atoms with van der Waals surface area (Å²) in [4.78, 5) is 4.25. The highest BCUT2D eigenvalue weighted by molar-refractivity contribution is 9.10. The van der Waals surface area contributed by atoms with Crippen LogP contribution in [0.25, 0.3) is 0 Å². The molecule has 0 aliphatic heterocycles. The number of nitrogens with zero attached hydrogens (tertiary/aromatic N) is 1. The predicted molar refractivity (Wildman–Crippen MR) is 83.5 cm³/mol. The summed E-state index contributed by atoms with van der Waals surface area (Å²) >= 11 is 3.36. The first-order chi connectivity index (χ1) is 9.67. The molecule has 1 aromatic carbocycles. The lowest BCUT2D eigenvalue weighted by atomic mass is 10.3. The van der Waals surface area contributed by atoms with Crippen LogP contribution in [0.1, 0.15) is 6.92 Å². The van der Waals surface area contributed by atoms with Crippen molar-refractivity contribution >= 4 is 21.7 Å². The molecular weight excluding hydrogens is 320 g/mol. The molecule has 2 aromatic rings. The lowest BCUT2D eigenvalue weighted by molar-refractivity contribution is 0.234. The molecular formula is C15H17BrN2O2. The van der Waals surface area contributed by atoms with E-state index < -0.39 is 0 Å². The van der Waals surface area contributed by atoms with Gasteiger partial charge in [-0.3, -0.25) is 0 Å². The van der Waals surface area contributed by atoms with Crippen molar-refractivity contribution in [2.75, 3.05) is 19.0 Å². The third-order valence-corrected chi connectivity index (χ3v) is 3.16. The fraction of sp³-hybridized carbons (Fsp3) is 0.267. The highest BCUT2D eigenvalue weighted by Gasteiger charge is 2.04. The van der Waals surface area contributed by atoms with E-state index in [4.69, 9.17) is 9.47 Å². The number of nitrogens with one attached hydrogen (secondary N) is 1. The first-order valence-corrected chi connectivity index (χ1v) is 7.13. The van der Waals surface area contributed by atoms with Crippen LogP contribution in [0.15, 0.2) is 47.1 Å². The van der Waals surface area contributed by atoms with E-state index in [0.29, 0.717) is 6.54 Å². The first kappa shape index (κ1) is 14.7. The number of methoxy groups -OCH3 is 1. The molecule has 0 bridgehead atoms. The minimum Gasteiger partial charge on any atom is -0.497 e. The molecule has 1 heterocycles. The molecule has 106 valence electrons. The Labute approximate surface area is 127 Å². The summed E-state index contributed by atoms with van der Waals surface area (Å²) < 4.78 is 11.9. The molecule has 1 unspecified atom stereocenters. The van der Waals surface area contributed by atoms with Gasteiger partial charge in [0.2, 0.25) is 0 Å². The predicted octanol–water partition coefficient (Wildman–Crippen LogP) is 3.73. The Bertz CT molecular complexity index is 529. The summed E-state index contributed by atoms with van der Waals surface area (Å²) in [6, 6.07) is 11.4. The Morgan fingerprint density at radius 2 is 1.85 bits per heavy atom. The van der Waals surface area contributed by atoms with Crippen LogP contribution in [0.5, 0.6) is 11.5 Å². The fourth-order valence-electron chi connectivity index (χ4n) is 1.66. The second-order valence-electron chi connectivity index (χ2n) is 4.35. The standard InChI is InChI=1S/C15H17BrN2O2/c1-11(9-17-15-8-3-12(16)10-18-15)20-14-6-4-13(19-2)5-7-14/h3-8,10-11H,9H2,1-2H3,(H,17,18). The van der Waals surface area contributed by atoms with Crippen molar-refractivity contribution in [3.8, 4) is 11.5 Å². The Hall–Kier alpha value is -1.75. The van der Waals surface area contributed by atoms with E-state index in [2.05, 4.69) is 26.2 Å². The lowest BCUT2D eigenvalue weighted by Gasteiger charge is -2.16. The second kappa shape index (κ2) is 7.14. The van der Waals surface area contributed by atoms with Crippen LogP contribution in [0.2, 0.25) is 0 Å². The van der Waals surface area contributed by atoms with E-state index in [1.165, 1.54) is 0 Å². The number of halogens is 1. The van der Waals surface area contributed by atoms with Gasteiger partial charge in [0.1, 0.15) is 23.4 Å². The maximum Gasteiger partial charge on any atom is 0.126 e. The van der Waals surface area contributed by atoms with Gasteiger partial charge in [0.25, 0.3) is 0 Å². The Morgan fingerprint density at radius 1 is 1.15 bits per heavy atom. The van der Waals surface area contributed by atoms with Crippen LogP contribution >= 0.6 is 15.9 Å². The van der Waals surface area contributed by atoms with Crippen molar-refractivity contribution in [2.45, 2.75) is 13.0 Å². The Kier molecular flexibility index (Phi) is 5.24. The molecule has 0 aliphatic carbocycles. The van der Waals surface area contributed by atoms with E-state index in [9.17, 15) is 0 Å². The summed E-state index contributed by atoms with van der Waals surface area (Å²) in [6.45, 7) is 2.69. The number of ether oxygens (including phenoxy) is 2. The Morgan fingerprint density at radius 3 is 2.45 bits per heavy atom. The number of benzene rings is 1. The monoisotopic (exact) mass is 336 g/mol. The van der Waals surface area contributed by atoms with Crippen LogP contribution < -0.4 is 14.8 Å². The van der Waals surface area contributed by atoms with E-state index in [1.54, 1.807) is 13.3 Å². The van der Waals surface area contributed by atoms with Crippen molar-refractivity contribution in [1.82, 2.24) is 4.98 Å². The van der Waals surface area contributed by atoms with Crippen LogP contribution in [-0.2, 0) is 0 Å². The van der Waals surface area contributed by atoms with Crippen LogP contribution in [0.3, 0.4) is 0 Å². The smallest absolute Gasteiger partial charge is 0.126 e. The highest BCUT2D eigenvalue weighted by Crippen LogP contribution is 2.18. The molecule has 20 heavy (non-hydrogen) atoms. The molecule has 1 atom stereocenters. The zero-order valence-electron chi connectivity index (χ0n) is 11.5. The van der Waals surface area contributed by atoms with Gasteiger partial charge in [0, 0.05) is 10.7 Å². The quantitative estimate of drug-likeness (QED) is 0.872. The van der Waals surface area contributed by atoms with Gasteiger partial charge < -0.3 is 14.8 Å². The highest BCUT2D eigenvalue weighted by atomic mass is 79.9. The van der Waals surface area contributed by atoms with Gasteiger partial charge >= 0.3 is 0 Å². The number of pyridine rings is 1. The number of hydrogen-bond acceptors (Lipinski definition) is 4. The van der Waals surface area contributed by atoms with Gasteiger partial charge in [-0.15, -0.1) is 0 Å². The maximum atomic E-state index is 5.80. The fourth-order valence-corrected chi connectivity index (χ4v) is 1.89. The second-order valence-corrected chi connectivity index (χ2v) is 5.26. The third kappa shape index (κ3) is 4.42. The van der Waals surface area contributed by atoms with Gasteiger partial charge in [0.15, 0.2) is 0 Å². The van der Waals surface area contributed by atoms with Gasteiger partial charge in [-0.2, -0.15) is 0 Å². The summed E-state index contributed by atoms with van der Waals surface area (Å²) in [6.07, 6.45) is 1.80. The van der Waals surface area contributed by atoms with Crippen molar-refractivity contribution in [3.05, 3.63) is 47.1 Å². The maximum absolute atomic E-state index is 5.80. The van der Waals surface area contributed by atoms with Crippen molar-refractivity contribution in [3.63, 3.8) is 0 Å². The molecule has 0 saturated carbocycles. The first-order valence-electron chi connectivity index (χ1n) is 6.33. The Balaban J connectivity index is 1.82. The number of hydrogen-bond donors (Lipinski definition) is 1. The largest absolute Gasteiger partial charge is 0.497 e. The summed E-state index contributed by atoms with van der Waals surface area (Å²) in [5, 5.41) is 3.23. The molecule has 4 nitrogen and oxygen atoms in total. The summed E-state index contributed by atoms with van der Waals surface area (Å²) in [5.74, 6) is 2.48. The average Bonchev–Trinajstić information content (AvgIpc) is 2.47.